The van der Waals surface area contributed by atoms with E-state index in [0.29, 0.717) is 19.3 Å². The van der Waals surface area contributed by atoms with E-state index in [1.165, 1.54) is 0 Å². The second kappa shape index (κ2) is 7.13. The van der Waals surface area contributed by atoms with E-state index in [0.717, 1.165) is 18.4 Å². The maximum Gasteiger partial charge on any atom is 0.305 e. The number of rotatable bonds is 4. The van der Waals surface area contributed by atoms with E-state index < -0.39 is 35.5 Å². The number of hydrogen-bond donors (Lipinski definition) is 2. The number of fused-ring (bicyclic) bond motifs is 5. The molecule has 4 aliphatic carbocycles. The quantitative estimate of drug-likeness (QED) is 0.683. The van der Waals surface area contributed by atoms with Gasteiger partial charge in [0.25, 0.3) is 0 Å². The van der Waals surface area contributed by atoms with Crippen LogP contribution in [0.15, 0.2) is 23.8 Å². The smallest absolute Gasteiger partial charge is 0.305 e. The summed E-state index contributed by atoms with van der Waals surface area (Å²) in [6.45, 7) is 5.25. The number of aliphatic hydroxyl groups excluding tert-OH is 1. The average molecular weight is 417 g/mol. The van der Waals surface area contributed by atoms with Crippen molar-refractivity contribution in [1.29, 1.82) is 0 Å². The molecule has 0 spiro atoms. The summed E-state index contributed by atoms with van der Waals surface area (Å²) >= 11 is 0. The van der Waals surface area contributed by atoms with Gasteiger partial charge in [-0.2, -0.15) is 0 Å². The van der Waals surface area contributed by atoms with Crippen LogP contribution in [0.3, 0.4) is 0 Å². The summed E-state index contributed by atoms with van der Waals surface area (Å²) in [5.41, 5.74) is -1.67. The molecular weight excluding hydrogens is 384 g/mol. The van der Waals surface area contributed by atoms with Crippen molar-refractivity contribution in [2.24, 2.45) is 28.6 Å². The van der Waals surface area contributed by atoms with Crippen LogP contribution in [-0.2, 0) is 19.1 Å². The minimum absolute atomic E-state index is 0.00136. The van der Waals surface area contributed by atoms with E-state index in [2.05, 4.69) is 6.92 Å². The van der Waals surface area contributed by atoms with Gasteiger partial charge in [0.15, 0.2) is 12.4 Å². The van der Waals surface area contributed by atoms with Gasteiger partial charge < -0.3 is 14.9 Å². The normalized spacial score (nSPS) is 44.6. The number of ether oxygens (including phenoxy) is 1. The van der Waals surface area contributed by atoms with Crippen LogP contribution in [0.25, 0.3) is 0 Å². The lowest BCUT2D eigenvalue weighted by Crippen LogP contribution is -2.61. The molecule has 6 heteroatoms. The SMILES string of the molecule is CCC(=O)OCC(=O)[C@@]1(O)CC[C@H]2[C@@H]3CCC4=CC(=O)C=C[C@]4(C)[C@H]3C(O)C[C@@]21C. The lowest BCUT2D eigenvalue weighted by Gasteiger charge is -2.59. The minimum Gasteiger partial charge on any atom is -0.458 e. The Kier molecular flexibility index (Phi) is 5.09. The van der Waals surface area contributed by atoms with E-state index in [1.807, 2.05) is 13.0 Å². The van der Waals surface area contributed by atoms with Crippen molar-refractivity contribution in [2.75, 3.05) is 6.61 Å². The van der Waals surface area contributed by atoms with Crippen LogP contribution < -0.4 is 0 Å². The number of aliphatic hydroxyl groups is 2. The molecule has 0 bridgehead atoms. The van der Waals surface area contributed by atoms with Gasteiger partial charge in [0.1, 0.15) is 5.60 Å². The van der Waals surface area contributed by atoms with Gasteiger partial charge in [-0.25, -0.2) is 0 Å². The van der Waals surface area contributed by atoms with Crippen LogP contribution in [0.5, 0.6) is 0 Å². The Balaban J connectivity index is 1.63. The minimum atomic E-state index is -1.60. The zero-order chi connectivity index (χ0) is 21.9. The van der Waals surface area contributed by atoms with Crippen molar-refractivity contribution in [1.82, 2.24) is 0 Å². The van der Waals surface area contributed by atoms with Crippen LogP contribution in [0, 0.1) is 28.6 Å². The van der Waals surface area contributed by atoms with E-state index in [1.54, 1.807) is 19.1 Å². The summed E-state index contributed by atoms with van der Waals surface area (Å²) in [6.07, 6.45) is 7.70. The fourth-order valence-corrected chi connectivity index (χ4v) is 7.16. The first-order chi connectivity index (χ1) is 14.1. The molecule has 0 amide bonds. The summed E-state index contributed by atoms with van der Waals surface area (Å²) in [6, 6.07) is 0. The maximum atomic E-state index is 13.0. The molecule has 0 heterocycles. The molecular formula is C24H32O6. The van der Waals surface area contributed by atoms with Crippen molar-refractivity contribution in [3.63, 3.8) is 0 Å². The maximum absolute atomic E-state index is 13.0. The molecule has 4 aliphatic rings. The predicted octanol–water partition coefficient (Wildman–Crippen LogP) is 2.52. The van der Waals surface area contributed by atoms with Crippen molar-refractivity contribution in [3.8, 4) is 0 Å². The topological polar surface area (TPSA) is 101 Å². The number of Topliss-reactive ketones (excluding diaryl/α,β-unsaturated/α-hetero) is 1. The Morgan fingerprint density at radius 3 is 2.70 bits per heavy atom. The van der Waals surface area contributed by atoms with Crippen LogP contribution in [0.4, 0.5) is 0 Å². The highest BCUT2D eigenvalue weighted by Gasteiger charge is 2.68. The molecule has 1 unspecified atom stereocenters. The highest BCUT2D eigenvalue weighted by atomic mass is 16.5. The fraction of sp³-hybridized carbons (Fsp3) is 0.708. The van der Waals surface area contributed by atoms with Crippen LogP contribution in [-0.4, -0.2) is 46.1 Å². The summed E-state index contributed by atoms with van der Waals surface area (Å²) in [7, 11) is 0. The van der Waals surface area contributed by atoms with Gasteiger partial charge in [0.05, 0.1) is 6.10 Å². The first-order valence-electron chi connectivity index (χ1n) is 11.1. The van der Waals surface area contributed by atoms with Crippen LogP contribution in [0.2, 0.25) is 0 Å². The van der Waals surface area contributed by atoms with Gasteiger partial charge >= 0.3 is 5.97 Å². The lowest BCUT2D eigenvalue weighted by molar-refractivity contribution is -0.181. The molecule has 30 heavy (non-hydrogen) atoms. The average Bonchev–Trinajstić information content (AvgIpc) is 2.97. The first-order valence-corrected chi connectivity index (χ1v) is 11.1. The standard InChI is InChI=1S/C24H32O6/c1-4-20(28)30-13-19(27)24(29)10-8-17-16-6-5-14-11-15(25)7-9-22(14,2)21(16)18(26)12-23(17,24)3/h7,9,11,16-18,21,26,29H,4-6,8,10,12-13H2,1-3H3/t16-,17-,18?,21+,22-,23-,24-/m0/s1. The van der Waals surface area contributed by atoms with E-state index >= 15 is 0 Å². The van der Waals surface area contributed by atoms with Crippen molar-refractivity contribution in [2.45, 2.75) is 71.0 Å². The zero-order valence-corrected chi connectivity index (χ0v) is 18.0. The van der Waals surface area contributed by atoms with Gasteiger partial charge in [0.2, 0.25) is 5.78 Å². The summed E-state index contributed by atoms with van der Waals surface area (Å²) < 4.78 is 5.03. The third-order valence-electron chi connectivity index (χ3n) is 8.76. The number of esters is 1. The fourth-order valence-electron chi connectivity index (χ4n) is 7.16. The molecule has 2 N–H and O–H groups in total. The van der Waals surface area contributed by atoms with Gasteiger partial charge in [-0.05, 0) is 56.1 Å². The predicted molar refractivity (Wildman–Crippen MR) is 109 cm³/mol. The Labute approximate surface area is 177 Å². The first kappa shape index (κ1) is 21.4. The van der Waals surface area contributed by atoms with Crippen LogP contribution >= 0.6 is 0 Å². The van der Waals surface area contributed by atoms with Crippen molar-refractivity contribution in [3.05, 3.63) is 23.8 Å². The second-order valence-corrected chi connectivity index (χ2v) is 10.0. The molecule has 6 nitrogen and oxygen atoms in total. The monoisotopic (exact) mass is 416 g/mol. The van der Waals surface area contributed by atoms with Gasteiger partial charge in [-0.1, -0.05) is 32.4 Å². The molecule has 0 radical (unpaired) electrons. The molecule has 0 saturated heterocycles. The van der Waals surface area contributed by atoms with E-state index in [4.69, 9.17) is 4.74 Å². The number of carbonyl (C=O) groups is 3. The van der Waals surface area contributed by atoms with Crippen molar-refractivity contribution >= 4 is 17.5 Å². The highest BCUT2D eigenvalue weighted by molar-refractivity contribution is 6.01. The third kappa shape index (κ3) is 2.87. The van der Waals surface area contributed by atoms with Gasteiger partial charge in [-0.3, -0.25) is 14.4 Å². The number of allylic oxidation sites excluding steroid dienone is 4. The molecule has 0 aliphatic heterocycles. The molecule has 4 rings (SSSR count). The number of ketones is 2. The van der Waals surface area contributed by atoms with Crippen molar-refractivity contribution < 1.29 is 29.3 Å². The highest BCUT2D eigenvalue weighted by Crippen LogP contribution is 2.67. The second-order valence-electron chi connectivity index (χ2n) is 10.0. The molecule has 3 saturated carbocycles. The Hall–Kier alpha value is -1.79. The molecule has 164 valence electrons. The molecule has 0 aromatic heterocycles. The largest absolute Gasteiger partial charge is 0.458 e. The number of carbonyl (C=O) groups excluding carboxylic acids is 3. The van der Waals surface area contributed by atoms with Crippen LogP contribution in [0.1, 0.15) is 59.3 Å². The molecule has 0 aromatic rings. The van der Waals surface area contributed by atoms with E-state index in [-0.39, 0.29) is 35.4 Å². The Morgan fingerprint density at radius 2 is 2.00 bits per heavy atom. The Morgan fingerprint density at radius 1 is 1.27 bits per heavy atom. The van der Waals surface area contributed by atoms with E-state index in [9.17, 15) is 24.6 Å². The molecule has 3 fully saturated rings. The zero-order valence-electron chi connectivity index (χ0n) is 18.0. The Bertz CT molecular complexity index is 843. The summed E-state index contributed by atoms with van der Waals surface area (Å²) in [5.74, 6) is -0.738. The number of hydrogen-bond acceptors (Lipinski definition) is 6. The third-order valence-corrected chi connectivity index (χ3v) is 8.76. The molecule has 0 aromatic carbocycles. The van der Waals surface area contributed by atoms with Gasteiger partial charge in [0, 0.05) is 23.2 Å². The summed E-state index contributed by atoms with van der Waals surface area (Å²) in [4.78, 5) is 36.4. The lowest BCUT2D eigenvalue weighted by atomic mass is 9.46. The molecule has 7 atom stereocenters. The van der Waals surface area contributed by atoms with Gasteiger partial charge in [-0.15, -0.1) is 0 Å². The summed E-state index contributed by atoms with van der Waals surface area (Å²) in [5, 5.41) is 22.8.